The zero-order valence-corrected chi connectivity index (χ0v) is 9.72. The highest BCUT2D eigenvalue weighted by atomic mass is 19.3. The molecule has 0 saturated carbocycles. The normalized spacial score (nSPS) is 11.7. The quantitative estimate of drug-likeness (QED) is 0.614. The third-order valence-corrected chi connectivity index (χ3v) is 2.16. The highest BCUT2D eigenvalue weighted by Gasteiger charge is 2.40. The molecule has 0 aliphatic rings. The second kappa shape index (κ2) is 5.79. The Morgan fingerprint density at radius 1 is 1.39 bits per heavy atom. The largest absolute Gasteiger partial charge is 0.492 e. The molecule has 1 aromatic carbocycles. The Morgan fingerprint density at radius 3 is 2.61 bits per heavy atom. The number of nitrogen functional groups attached to an aromatic ring is 1. The number of benzene rings is 1. The maximum atomic E-state index is 12.7. The molecule has 1 rings (SSSR count). The predicted octanol–water partition coefficient (Wildman–Crippen LogP) is 2.98. The topological polar surface area (TPSA) is 47.3 Å². The van der Waals surface area contributed by atoms with E-state index < -0.39 is 18.9 Å². The highest BCUT2D eigenvalue weighted by Crippen LogP contribution is 2.27. The molecule has 0 aliphatic carbocycles. The highest BCUT2D eigenvalue weighted by molar-refractivity contribution is 5.61. The summed E-state index contributed by atoms with van der Waals surface area (Å²) in [5.74, 6) is -3.75. The molecule has 0 aliphatic heterocycles. The van der Waals surface area contributed by atoms with Crippen LogP contribution in [0.15, 0.2) is 18.2 Å². The van der Waals surface area contributed by atoms with Gasteiger partial charge in [0.2, 0.25) is 0 Å². The molecule has 0 unspecified atom stereocenters. The number of anilines is 2. The van der Waals surface area contributed by atoms with Crippen molar-refractivity contribution in [3.8, 4) is 5.75 Å². The molecule has 0 spiro atoms. The standard InChI is InChI=1S/C11H14F4N2O/c1-2-18-9-5-7(3-4-8(9)16)17-6-11(14,15)10(12)13/h3-5,10,17H,2,6,16H2,1H3. The van der Waals surface area contributed by atoms with Crippen LogP contribution in [0, 0.1) is 0 Å². The fraction of sp³-hybridized carbons (Fsp3) is 0.455. The van der Waals surface area contributed by atoms with Crippen LogP contribution in [-0.4, -0.2) is 25.5 Å². The first-order valence-corrected chi connectivity index (χ1v) is 5.29. The second-order valence-corrected chi connectivity index (χ2v) is 3.60. The molecule has 0 heterocycles. The molecule has 7 heteroatoms. The van der Waals surface area contributed by atoms with E-state index in [4.69, 9.17) is 10.5 Å². The first kappa shape index (κ1) is 14.4. The zero-order chi connectivity index (χ0) is 13.8. The van der Waals surface area contributed by atoms with E-state index in [0.717, 1.165) is 0 Å². The molecule has 0 fully saturated rings. The first-order valence-electron chi connectivity index (χ1n) is 5.29. The van der Waals surface area contributed by atoms with E-state index in [2.05, 4.69) is 5.32 Å². The molecule has 18 heavy (non-hydrogen) atoms. The van der Waals surface area contributed by atoms with Crippen LogP contribution in [0.4, 0.5) is 28.9 Å². The lowest BCUT2D eigenvalue weighted by atomic mass is 10.2. The molecule has 0 atom stereocenters. The van der Waals surface area contributed by atoms with E-state index >= 15 is 0 Å². The molecular weight excluding hydrogens is 252 g/mol. The van der Waals surface area contributed by atoms with Crippen molar-refractivity contribution in [2.24, 2.45) is 0 Å². The summed E-state index contributed by atoms with van der Waals surface area (Å²) in [5.41, 5.74) is 6.18. The van der Waals surface area contributed by atoms with Crippen LogP contribution in [0.1, 0.15) is 6.92 Å². The molecule has 1 aromatic rings. The number of ether oxygens (including phenoxy) is 1. The van der Waals surface area contributed by atoms with Gasteiger partial charge >= 0.3 is 12.3 Å². The fourth-order valence-corrected chi connectivity index (χ4v) is 1.22. The van der Waals surface area contributed by atoms with E-state index in [0.29, 0.717) is 18.0 Å². The van der Waals surface area contributed by atoms with Gasteiger partial charge in [-0.1, -0.05) is 0 Å². The van der Waals surface area contributed by atoms with E-state index in [1.807, 2.05) is 0 Å². The van der Waals surface area contributed by atoms with Gasteiger partial charge < -0.3 is 15.8 Å². The summed E-state index contributed by atoms with van der Waals surface area (Å²) in [5, 5.41) is 2.23. The van der Waals surface area contributed by atoms with Gasteiger partial charge in [0, 0.05) is 11.8 Å². The summed E-state index contributed by atoms with van der Waals surface area (Å²) in [6, 6.07) is 4.26. The summed E-state index contributed by atoms with van der Waals surface area (Å²) < 4.78 is 54.4. The Balaban J connectivity index is 2.71. The lowest BCUT2D eigenvalue weighted by Gasteiger charge is -2.17. The number of nitrogens with one attached hydrogen (secondary N) is 1. The Hall–Kier alpha value is -1.66. The lowest BCUT2D eigenvalue weighted by Crippen LogP contribution is -2.34. The Labute approximate surface area is 102 Å². The lowest BCUT2D eigenvalue weighted by molar-refractivity contribution is -0.117. The molecule has 0 bridgehead atoms. The van der Waals surface area contributed by atoms with Gasteiger partial charge in [0.15, 0.2) is 0 Å². The Kier molecular flexibility index (Phi) is 4.63. The van der Waals surface area contributed by atoms with Gasteiger partial charge in [0.25, 0.3) is 0 Å². The first-order chi connectivity index (χ1) is 8.36. The van der Waals surface area contributed by atoms with Crippen molar-refractivity contribution in [3.05, 3.63) is 18.2 Å². The summed E-state index contributed by atoms with van der Waals surface area (Å²) in [6.45, 7) is 0.950. The summed E-state index contributed by atoms with van der Waals surface area (Å²) in [4.78, 5) is 0. The molecule has 0 saturated heterocycles. The summed E-state index contributed by atoms with van der Waals surface area (Å²) >= 11 is 0. The van der Waals surface area contributed by atoms with Crippen molar-refractivity contribution in [1.82, 2.24) is 0 Å². The molecule has 3 nitrogen and oxygen atoms in total. The van der Waals surface area contributed by atoms with Gasteiger partial charge in [-0.3, -0.25) is 0 Å². The van der Waals surface area contributed by atoms with Crippen LogP contribution in [0.2, 0.25) is 0 Å². The maximum absolute atomic E-state index is 12.7. The Bertz CT molecular complexity index is 399. The SMILES string of the molecule is CCOc1cc(NCC(F)(F)C(F)F)ccc1N. The van der Waals surface area contributed by atoms with Crippen LogP contribution in [0.3, 0.4) is 0 Å². The number of hydrogen-bond acceptors (Lipinski definition) is 3. The van der Waals surface area contributed by atoms with Crippen LogP contribution >= 0.6 is 0 Å². The second-order valence-electron chi connectivity index (χ2n) is 3.60. The van der Waals surface area contributed by atoms with E-state index in [-0.39, 0.29) is 5.69 Å². The van der Waals surface area contributed by atoms with Gasteiger partial charge in [-0.15, -0.1) is 0 Å². The van der Waals surface area contributed by atoms with Crippen LogP contribution in [0.5, 0.6) is 5.75 Å². The molecule has 0 amide bonds. The van der Waals surface area contributed by atoms with Crippen molar-refractivity contribution in [3.63, 3.8) is 0 Å². The van der Waals surface area contributed by atoms with Gasteiger partial charge in [-0.2, -0.15) is 8.78 Å². The molecule has 102 valence electrons. The zero-order valence-electron chi connectivity index (χ0n) is 9.72. The van der Waals surface area contributed by atoms with Crippen molar-refractivity contribution >= 4 is 11.4 Å². The average molecular weight is 266 g/mol. The molecule has 0 aromatic heterocycles. The van der Waals surface area contributed by atoms with Gasteiger partial charge in [0.05, 0.1) is 18.8 Å². The van der Waals surface area contributed by atoms with Gasteiger partial charge in [-0.05, 0) is 19.1 Å². The van der Waals surface area contributed by atoms with Crippen molar-refractivity contribution in [2.45, 2.75) is 19.3 Å². The summed E-state index contributed by atoms with van der Waals surface area (Å²) in [6.07, 6.45) is -3.70. The van der Waals surface area contributed by atoms with E-state index in [1.165, 1.54) is 18.2 Å². The minimum absolute atomic E-state index is 0.243. The number of halogens is 4. The van der Waals surface area contributed by atoms with Crippen molar-refractivity contribution in [2.75, 3.05) is 24.2 Å². The molecule has 0 radical (unpaired) electrons. The smallest absolute Gasteiger partial charge is 0.324 e. The Morgan fingerprint density at radius 2 is 2.06 bits per heavy atom. The van der Waals surface area contributed by atoms with Gasteiger partial charge in [0.1, 0.15) is 5.75 Å². The maximum Gasteiger partial charge on any atom is 0.324 e. The van der Waals surface area contributed by atoms with E-state index in [9.17, 15) is 17.6 Å². The number of nitrogens with two attached hydrogens (primary N) is 1. The number of rotatable bonds is 6. The van der Waals surface area contributed by atoms with Gasteiger partial charge in [-0.25, -0.2) is 8.78 Å². The summed E-state index contributed by atoms with van der Waals surface area (Å²) in [7, 11) is 0. The van der Waals surface area contributed by atoms with Crippen LogP contribution in [-0.2, 0) is 0 Å². The van der Waals surface area contributed by atoms with Crippen LogP contribution < -0.4 is 15.8 Å². The minimum atomic E-state index is -4.08. The van der Waals surface area contributed by atoms with Crippen molar-refractivity contribution < 1.29 is 22.3 Å². The number of alkyl halides is 4. The molecular formula is C11H14F4N2O. The predicted molar refractivity (Wildman–Crippen MR) is 61.5 cm³/mol. The number of hydrogen-bond donors (Lipinski definition) is 2. The third kappa shape index (κ3) is 3.68. The fourth-order valence-electron chi connectivity index (χ4n) is 1.22. The average Bonchev–Trinajstić information content (AvgIpc) is 2.30. The molecule has 3 N–H and O–H groups in total. The van der Waals surface area contributed by atoms with Crippen LogP contribution in [0.25, 0.3) is 0 Å². The van der Waals surface area contributed by atoms with Crippen molar-refractivity contribution in [1.29, 1.82) is 0 Å². The third-order valence-electron chi connectivity index (χ3n) is 2.16. The monoisotopic (exact) mass is 266 g/mol. The minimum Gasteiger partial charge on any atom is -0.492 e. The van der Waals surface area contributed by atoms with E-state index in [1.54, 1.807) is 6.92 Å².